The van der Waals surface area contributed by atoms with Crippen LogP contribution in [0.5, 0.6) is 0 Å². The smallest absolute Gasteiger partial charge is 0.234 e. The van der Waals surface area contributed by atoms with Crippen molar-refractivity contribution >= 4 is 34.7 Å². The van der Waals surface area contributed by atoms with E-state index >= 15 is 0 Å². The van der Waals surface area contributed by atoms with Gasteiger partial charge < -0.3 is 9.88 Å². The van der Waals surface area contributed by atoms with Crippen LogP contribution >= 0.6 is 23.1 Å². The molecule has 0 saturated heterocycles. The number of carbonyl (C=O) groups excluding carboxylic acids is 1. The highest BCUT2D eigenvalue weighted by atomic mass is 32.2. The molecule has 0 fully saturated rings. The molecule has 7 heteroatoms. The number of anilines is 1. The quantitative estimate of drug-likeness (QED) is 0.682. The number of carbonyl (C=O) groups is 1. The molecule has 0 unspecified atom stereocenters. The van der Waals surface area contributed by atoms with Gasteiger partial charge in [0, 0.05) is 28.6 Å². The molecule has 0 aliphatic rings. The molecule has 2 heterocycles. The Hall–Kier alpha value is -2.12. The molecule has 1 N–H and O–H groups in total. The van der Waals surface area contributed by atoms with Crippen molar-refractivity contribution in [1.82, 2.24) is 14.8 Å². The van der Waals surface area contributed by atoms with E-state index in [2.05, 4.69) is 34.7 Å². The summed E-state index contributed by atoms with van der Waals surface area (Å²) >= 11 is 3.10. The minimum absolute atomic E-state index is 0.0496. The van der Waals surface area contributed by atoms with E-state index in [9.17, 15) is 4.79 Å². The normalized spacial score (nSPS) is 10.9. The first-order valence-corrected chi connectivity index (χ1v) is 9.76. The lowest BCUT2D eigenvalue weighted by molar-refractivity contribution is -0.113. The molecule has 0 radical (unpaired) electrons. The summed E-state index contributed by atoms with van der Waals surface area (Å²) in [4.78, 5) is 13.5. The van der Waals surface area contributed by atoms with Gasteiger partial charge in [0.05, 0.1) is 5.75 Å². The summed E-state index contributed by atoms with van der Waals surface area (Å²) in [6.45, 7) is 6.17. The summed E-state index contributed by atoms with van der Waals surface area (Å²) in [5.41, 5.74) is 4.23. The van der Waals surface area contributed by atoms with Crippen molar-refractivity contribution in [2.45, 2.75) is 25.9 Å². The number of aryl methyl sites for hydroxylation is 2. The van der Waals surface area contributed by atoms with E-state index in [-0.39, 0.29) is 5.91 Å². The minimum Gasteiger partial charge on any atom is -0.325 e. The van der Waals surface area contributed by atoms with Gasteiger partial charge in [0.25, 0.3) is 0 Å². The van der Waals surface area contributed by atoms with Crippen molar-refractivity contribution in [2.75, 3.05) is 11.1 Å². The van der Waals surface area contributed by atoms with Crippen molar-refractivity contribution < 1.29 is 4.79 Å². The van der Waals surface area contributed by atoms with Gasteiger partial charge in [-0.3, -0.25) is 4.79 Å². The van der Waals surface area contributed by atoms with E-state index in [0.29, 0.717) is 5.75 Å². The fourth-order valence-corrected chi connectivity index (χ4v) is 4.01. The number of amides is 1. The van der Waals surface area contributed by atoms with Gasteiger partial charge in [-0.1, -0.05) is 30.0 Å². The first kappa shape index (κ1) is 17.7. The minimum atomic E-state index is -0.0496. The molecule has 1 aromatic carbocycles. The van der Waals surface area contributed by atoms with Crippen LogP contribution in [0, 0.1) is 20.8 Å². The molecule has 0 atom stereocenters. The van der Waals surface area contributed by atoms with Crippen molar-refractivity contribution in [3.63, 3.8) is 0 Å². The second-order valence-corrected chi connectivity index (χ2v) is 7.87. The maximum absolute atomic E-state index is 12.2. The summed E-state index contributed by atoms with van der Waals surface area (Å²) in [6, 6.07) is 7.74. The summed E-state index contributed by atoms with van der Waals surface area (Å²) in [7, 11) is 1.93. The third kappa shape index (κ3) is 3.77. The van der Waals surface area contributed by atoms with Crippen LogP contribution in [0.15, 0.2) is 34.8 Å². The van der Waals surface area contributed by atoms with E-state index < -0.39 is 0 Å². The van der Waals surface area contributed by atoms with E-state index in [4.69, 9.17) is 0 Å². The molecule has 0 spiro atoms. The fourth-order valence-electron chi connectivity index (χ4n) is 2.44. The number of benzene rings is 1. The Kier molecular flexibility index (Phi) is 5.24. The Morgan fingerprint density at radius 1 is 1.24 bits per heavy atom. The van der Waals surface area contributed by atoms with Crippen LogP contribution in [0.25, 0.3) is 11.4 Å². The molecule has 0 bridgehead atoms. The maximum atomic E-state index is 12.2. The molecule has 3 aromatic rings. The van der Waals surface area contributed by atoms with Crippen LogP contribution in [-0.2, 0) is 11.8 Å². The molecular formula is C18H20N4OS2. The average molecular weight is 373 g/mol. The zero-order valence-electron chi connectivity index (χ0n) is 14.7. The van der Waals surface area contributed by atoms with Gasteiger partial charge in [-0.2, -0.15) is 0 Å². The number of nitrogens with zero attached hydrogens (tertiary/aromatic N) is 3. The Bertz CT molecular complexity index is 914. The van der Waals surface area contributed by atoms with E-state index in [1.807, 2.05) is 42.8 Å². The summed E-state index contributed by atoms with van der Waals surface area (Å²) < 4.78 is 1.94. The number of hydrogen-bond acceptors (Lipinski definition) is 5. The number of thiophene rings is 1. The van der Waals surface area contributed by atoms with E-state index in [0.717, 1.165) is 27.8 Å². The lowest BCUT2D eigenvalue weighted by Gasteiger charge is -2.08. The molecule has 2 aromatic heterocycles. The highest BCUT2D eigenvalue weighted by Gasteiger charge is 2.16. The topological polar surface area (TPSA) is 59.8 Å². The lowest BCUT2D eigenvalue weighted by Crippen LogP contribution is -2.15. The molecule has 0 saturated carbocycles. The largest absolute Gasteiger partial charge is 0.325 e. The van der Waals surface area contributed by atoms with Crippen LogP contribution < -0.4 is 5.32 Å². The molecule has 1 amide bonds. The third-order valence-electron chi connectivity index (χ3n) is 4.11. The molecule has 5 nitrogen and oxygen atoms in total. The van der Waals surface area contributed by atoms with Crippen LogP contribution in [-0.4, -0.2) is 26.4 Å². The number of rotatable bonds is 5. The van der Waals surface area contributed by atoms with Gasteiger partial charge in [0.1, 0.15) is 0 Å². The number of nitrogens with one attached hydrogen (secondary N) is 1. The number of aromatic nitrogens is 3. The lowest BCUT2D eigenvalue weighted by atomic mass is 10.2. The zero-order chi connectivity index (χ0) is 18.0. The average Bonchev–Trinajstić information content (AvgIpc) is 3.11. The molecular weight excluding hydrogens is 352 g/mol. The zero-order valence-corrected chi connectivity index (χ0v) is 16.3. The van der Waals surface area contributed by atoms with Crippen molar-refractivity contribution in [3.8, 4) is 11.4 Å². The summed E-state index contributed by atoms with van der Waals surface area (Å²) in [5.74, 6) is 1.08. The van der Waals surface area contributed by atoms with Gasteiger partial charge in [-0.15, -0.1) is 21.5 Å². The fraction of sp³-hybridized carbons (Fsp3) is 0.278. The van der Waals surface area contributed by atoms with Gasteiger partial charge in [0.15, 0.2) is 11.0 Å². The SMILES string of the molecule is Cc1ccccc1NC(=O)CSc1nnc(-c2csc(C)c2C)n1C. The van der Waals surface area contributed by atoms with Gasteiger partial charge in [-0.05, 0) is 38.0 Å². The van der Waals surface area contributed by atoms with Crippen LogP contribution in [0.4, 0.5) is 5.69 Å². The second-order valence-electron chi connectivity index (χ2n) is 5.85. The first-order chi connectivity index (χ1) is 12.0. The number of hydrogen-bond donors (Lipinski definition) is 1. The van der Waals surface area contributed by atoms with Crippen LogP contribution in [0.3, 0.4) is 0 Å². The predicted molar refractivity (Wildman–Crippen MR) is 104 cm³/mol. The predicted octanol–water partition coefficient (Wildman–Crippen LogP) is 4.20. The van der Waals surface area contributed by atoms with Gasteiger partial charge >= 0.3 is 0 Å². The Balaban J connectivity index is 1.67. The van der Waals surface area contributed by atoms with Crippen molar-refractivity contribution in [3.05, 3.63) is 45.6 Å². The number of para-hydroxylation sites is 1. The molecule has 0 aliphatic carbocycles. The second kappa shape index (κ2) is 7.41. The molecule has 0 aliphatic heterocycles. The van der Waals surface area contributed by atoms with E-state index in [1.165, 1.54) is 22.2 Å². The Labute approximate surface area is 155 Å². The molecule has 25 heavy (non-hydrogen) atoms. The van der Waals surface area contributed by atoms with Crippen LogP contribution in [0.2, 0.25) is 0 Å². The standard InChI is InChI=1S/C18H20N4OS2/c1-11-7-5-6-8-15(11)19-16(23)10-25-18-21-20-17(22(18)4)14-9-24-13(3)12(14)2/h5-9H,10H2,1-4H3,(H,19,23). The first-order valence-electron chi connectivity index (χ1n) is 7.90. The highest BCUT2D eigenvalue weighted by Crippen LogP contribution is 2.30. The third-order valence-corrected chi connectivity index (χ3v) is 6.15. The monoisotopic (exact) mass is 372 g/mol. The molecule has 130 valence electrons. The summed E-state index contributed by atoms with van der Waals surface area (Å²) in [6.07, 6.45) is 0. The Morgan fingerprint density at radius 3 is 2.68 bits per heavy atom. The van der Waals surface area contributed by atoms with Crippen molar-refractivity contribution in [2.24, 2.45) is 7.05 Å². The molecule has 3 rings (SSSR count). The van der Waals surface area contributed by atoms with E-state index in [1.54, 1.807) is 11.3 Å². The van der Waals surface area contributed by atoms with Crippen LogP contribution in [0.1, 0.15) is 16.0 Å². The highest BCUT2D eigenvalue weighted by molar-refractivity contribution is 7.99. The summed E-state index contributed by atoms with van der Waals surface area (Å²) in [5, 5.41) is 14.3. The number of thioether (sulfide) groups is 1. The Morgan fingerprint density at radius 2 is 2.00 bits per heavy atom. The van der Waals surface area contributed by atoms with Gasteiger partial charge in [0.2, 0.25) is 5.91 Å². The van der Waals surface area contributed by atoms with Gasteiger partial charge in [-0.25, -0.2) is 0 Å². The van der Waals surface area contributed by atoms with Crippen molar-refractivity contribution in [1.29, 1.82) is 0 Å². The maximum Gasteiger partial charge on any atom is 0.234 e.